The lowest BCUT2D eigenvalue weighted by molar-refractivity contribution is -0.0512. The molecular formula is C18H19F2N3O5S. The molecule has 0 atom stereocenters. The Morgan fingerprint density at radius 3 is 2.38 bits per heavy atom. The van der Waals surface area contributed by atoms with E-state index in [4.69, 9.17) is 4.74 Å². The molecule has 1 heterocycles. The fourth-order valence-corrected chi connectivity index (χ4v) is 3.97. The smallest absolute Gasteiger partial charge is 0.387 e. The molecule has 1 aromatic heterocycles. The van der Waals surface area contributed by atoms with E-state index in [9.17, 15) is 22.0 Å². The maximum atomic E-state index is 12.7. The summed E-state index contributed by atoms with van der Waals surface area (Å²) >= 11 is 0. The van der Waals surface area contributed by atoms with E-state index in [-0.39, 0.29) is 28.6 Å². The molecule has 0 fully saturated rings. The van der Waals surface area contributed by atoms with Gasteiger partial charge in [-0.1, -0.05) is 6.07 Å². The van der Waals surface area contributed by atoms with Crippen molar-refractivity contribution < 1.29 is 26.7 Å². The van der Waals surface area contributed by atoms with E-state index in [1.165, 1.54) is 46.6 Å². The van der Waals surface area contributed by atoms with Gasteiger partial charge in [0, 0.05) is 20.6 Å². The first-order chi connectivity index (χ1) is 13.6. The highest BCUT2D eigenvalue weighted by molar-refractivity contribution is 7.89. The Kier molecular flexibility index (Phi) is 5.62. The molecule has 156 valence electrons. The van der Waals surface area contributed by atoms with Crippen LogP contribution in [0.3, 0.4) is 0 Å². The summed E-state index contributed by atoms with van der Waals surface area (Å²) in [5.74, 6) is -0.0905. The van der Waals surface area contributed by atoms with Crippen LogP contribution in [0.15, 0.2) is 46.1 Å². The first kappa shape index (κ1) is 20.8. The van der Waals surface area contributed by atoms with Gasteiger partial charge in [-0.05, 0) is 35.9 Å². The molecule has 0 aliphatic rings. The molecule has 2 aromatic carbocycles. The third kappa shape index (κ3) is 4.10. The van der Waals surface area contributed by atoms with Crippen molar-refractivity contribution in [3.63, 3.8) is 0 Å². The zero-order valence-electron chi connectivity index (χ0n) is 15.8. The Morgan fingerprint density at radius 1 is 1.03 bits per heavy atom. The number of hydrogen-bond acceptors (Lipinski definition) is 5. The quantitative estimate of drug-likeness (QED) is 0.623. The van der Waals surface area contributed by atoms with E-state index in [1.54, 1.807) is 20.2 Å². The van der Waals surface area contributed by atoms with Crippen LogP contribution in [-0.2, 0) is 30.7 Å². The molecule has 1 N–H and O–H groups in total. The number of hydrogen-bond donors (Lipinski definition) is 1. The van der Waals surface area contributed by atoms with Gasteiger partial charge in [-0.2, -0.15) is 8.78 Å². The van der Waals surface area contributed by atoms with E-state index >= 15 is 0 Å². The summed E-state index contributed by atoms with van der Waals surface area (Å²) in [4.78, 5) is 12.0. The monoisotopic (exact) mass is 427 g/mol. The van der Waals surface area contributed by atoms with Gasteiger partial charge < -0.3 is 9.47 Å². The Hall–Kier alpha value is -2.92. The first-order valence-electron chi connectivity index (χ1n) is 8.41. The number of ether oxygens (including phenoxy) is 2. The molecule has 0 bridgehead atoms. The maximum Gasteiger partial charge on any atom is 0.387 e. The number of methoxy groups -OCH3 is 1. The van der Waals surface area contributed by atoms with E-state index in [2.05, 4.69) is 9.46 Å². The molecule has 0 amide bonds. The van der Waals surface area contributed by atoms with Crippen molar-refractivity contribution in [2.24, 2.45) is 14.1 Å². The van der Waals surface area contributed by atoms with Crippen LogP contribution in [-0.4, -0.2) is 31.3 Å². The van der Waals surface area contributed by atoms with Crippen LogP contribution in [0.25, 0.3) is 11.0 Å². The van der Waals surface area contributed by atoms with Crippen molar-refractivity contribution >= 4 is 21.1 Å². The van der Waals surface area contributed by atoms with Gasteiger partial charge >= 0.3 is 12.3 Å². The minimum Gasteiger partial charge on any atom is -0.493 e. The van der Waals surface area contributed by atoms with Crippen molar-refractivity contribution in [2.75, 3.05) is 7.11 Å². The van der Waals surface area contributed by atoms with Gasteiger partial charge in [-0.3, -0.25) is 9.13 Å². The third-order valence-corrected chi connectivity index (χ3v) is 5.86. The van der Waals surface area contributed by atoms with Crippen LogP contribution in [0.1, 0.15) is 5.56 Å². The van der Waals surface area contributed by atoms with E-state index < -0.39 is 16.6 Å². The van der Waals surface area contributed by atoms with Gasteiger partial charge in [0.15, 0.2) is 11.5 Å². The van der Waals surface area contributed by atoms with Crippen molar-refractivity contribution in [3.8, 4) is 11.5 Å². The van der Waals surface area contributed by atoms with Crippen LogP contribution < -0.4 is 19.9 Å². The molecule has 3 aromatic rings. The largest absolute Gasteiger partial charge is 0.493 e. The average molecular weight is 427 g/mol. The fraction of sp³-hybridized carbons (Fsp3) is 0.278. The van der Waals surface area contributed by atoms with Gasteiger partial charge in [-0.25, -0.2) is 17.9 Å². The average Bonchev–Trinajstić information content (AvgIpc) is 2.90. The molecule has 0 unspecified atom stereocenters. The highest BCUT2D eigenvalue weighted by Gasteiger charge is 2.18. The van der Waals surface area contributed by atoms with Crippen molar-refractivity contribution in [1.82, 2.24) is 13.9 Å². The maximum absolute atomic E-state index is 12.7. The standard InChI is InChI=1S/C18H19F2N3O5S/c1-22-13-6-5-12(9-14(13)23(2)18(22)24)29(25,26)21-10-11-4-7-15(28-17(19)20)16(8-11)27-3/h4-9,17,21H,10H2,1-3H3. The number of halogens is 2. The Balaban J connectivity index is 1.84. The Labute approximate surface area is 165 Å². The summed E-state index contributed by atoms with van der Waals surface area (Å²) in [6, 6.07) is 8.52. The second-order valence-electron chi connectivity index (χ2n) is 6.24. The minimum atomic E-state index is -3.89. The summed E-state index contributed by atoms with van der Waals surface area (Å²) in [5, 5.41) is 0. The number of nitrogens with zero attached hydrogens (tertiary/aromatic N) is 2. The predicted octanol–water partition coefficient (Wildman–Crippen LogP) is 1.97. The normalized spacial score (nSPS) is 11.9. The van der Waals surface area contributed by atoms with Crippen LogP contribution in [0.2, 0.25) is 0 Å². The van der Waals surface area contributed by atoms with E-state index in [0.29, 0.717) is 16.6 Å². The summed E-state index contributed by atoms with van der Waals surface area (Å²) < 4.78 is 64.7. The fourth-order valence-electron chi connectivity index (χ4n) is 2.93. The molecule has 0 spiro atoms. The topological polar surface area (TPSA) is 91.6 Å². The number of aryl methyl sites for hydroxylation is 2. The molecule has 29 heavy (non-hydrogen) atoms. The number of nitrogens with one attached hydrogen (secondary N) is 1. The van der Waals surface area contributed by atoms with Crippen molar-refractivity contribution in [1.29, 1.82) is 0 Å². The highest BCUT2D eigenvalue weighted by atomic mass is 32.2. The summed E-state index contributed by atoms with van der Waals surface area (Å²) in [5.41, 5.74) is 1.31. The van der Waals surface area contributed by atoms with Crippen LogP contribution in [0, 0.1) is 0 Å². The second-order valence-corrected chi connectivity index (χ2v) is 8.01. The lowest BCUT2D eigenvalue weighted by Gasteiger charge is -2.12. The molecule has 3 rings (SSSR count). The molecule has 0 saturated heterocycles. The lowest BCUT2D eigenvalue weighted by atomic mass is 10.2. The predicted molar refractivity (Wildman–Crippen MR) is 102 cm³/mol. The molecule has 8 nitrogen and oxygen atoms in total. The Bertz CT molecular complexity index is 1220. The first-order valence-corrected chi connectivity index (χ1v) is 9.89. The van der Waals surface area contributed by atoms with Crippen molar-refractivity contribution in [3.05, 3.63) is 52.4 Å². The Morgan fingerprint density at radius 2 is 1.72 bits per heavy atom. The van der Waals surface area contributed by atoms with Crippen LogP contribution in [0.4, 0.5) is 8.78 Å². The van der Waals surface area contributed by atoms with Crippen LogP contribution in [0.5, 0.6) is 11.5 Å². The number of alkyl halides is 2. The van der Waals surface area contributed by atoms with Gasteiger partial charge in [0.05, 0.1) is 23.0 Å². The zero-order chi connectivity index (χ0) is 21.3. The number of imidazole rings is 1. The van der Waals surface area contributed by atoms with Gasteiger partial charge in [0.2, 0.25) is 10.0 Å². The molecule has 0 aliphatic heterocycles. The summed E-state index contributed by atoms with van der Waals surface area (Å²) in [6.45, 7) is -3.10. The SMILES string of the molecule is COc1cc(CNS(=O)(=O)c2ccc3c(c2)n(C)c(=O)n3C)ccc1OC(F)F. The third-order valence-electron chi connectivity index (χ3n) is 4.46. The molecule has 0 saturated carbocycles. The van der Waals surface area contributed by atoms with Crippen LogP contribution >= 0.6 is 0 Å². The molecule has 0 aliphatic carbocycles. The number of aromatic nitrogens is 2. The summed E-state index contributed by atoms with van der Waals surface area (Å²) in [7, 11) is 0.569. The number of benzene rings is 2. The van der Waals surface area contributed by atoms with Gasteiger partial charge in [-0.15, -0.1) is 0 Å². The highest BCUT2D eigenvalue weighted by Crippen LogP contribution is 2.29. The van der Waals surface area contributed by atoms with Gasteiger partial charge in [0.1, 0.15) is 0 Å². The molecule has 0 radical (unpaired) electrons. The van der Waals surface area contributed by atoms with E-state index in [1.807, 2.05) is 0 Å². The minimum absolute atomic E-state index is 0.00387. The van der Waals surface area contributed by atoms with E-state index in [0.717, 1.165) is 0 Å². The number of sulfonamides is 1. The lowest BCUT2D eigenvalue weighted by Crippen LogP contribution is -2.23. The molecule has 11 heteroatoms. The second kappa shape index (κ2) is 7.84. The molecular weight excluding hydrogens is 408 g/mol. The number of fused-ring (bicyclic) bond motifs is 1. The van der Waals surface area contributed by atoms with Crippen molar-refractivity contribution in [2.45, 2.75) is 18.1 Å². The van der Waals surface area contributed by atoms with Gasteiger partial charge in [0.25, 0.3) is 0 Å². The number of rotatable bonds is 7. The zero-order valence-corrected chi connectivity index (χ0v) is 16.7. The summed E-state index contributed by atoms with van der Waals surface area (Å²) in [6.07, 6.45) is 0.